The van der Waals surface area contributed by atoms with Crippen LogP contribution in [0.15, 0.2) is 34.1 Å². The van der Waals surface area contributed by atoms with E-state index < -0.39 is 20.0 Å². The summed E-state index contributed by atoms with van der Waals surface area (Å²) in [7, 11) is -5.44. The van der Waals surface area contributed by atoms with Gasteiger partial charge in [-0.3, -0.25) is 0 Å². The summed E-state index contributed by atoms with van der Waals surface area (Å²) in [5.74, 6) is 0. The van der Waals surface area contributed by atoms with Crippen molar-refractivity contribution in [3.8, 4) is 0 Å². The second kappa shape index (κ2) is 7.71. The van der Waals surface area contributed by atoms with Crippen molar-refractivity contribution in [3.05, 3.63) is 24.3 Å². The minimum atomic E-state index is -3.61. The van der Waals surface area contributed by atoms with E-state index in [-0.39, 0.29) is 34.8 Å². The number of rotatable bonds is 8. The number of hydrogen-bond acceptors (Lipinski definition) is 5. The highest BCUT2D eigenvalue weighted by Gasteiger charge is 2.28. The summed E-state index contributed by atoms with van der Waals surface area (Å²) in [6.45, 7) is 0.777. The molecule has 22 heavy (non-hydrogen) atoms. The molecule has 0 unspecified atom stereocenters. The fourth-order valence-corrected chi connectivity index (χ4v) is 4.02. The summed E-state index contributed by atoms with van der Waals surface area (Å²) >= 11 is 0. The lowest BCUT2D eigenvalue weighted by Crippen LogP contribution is -2.30. The maximum atomic E-state index is 12.0. The van der Waals surface area contributed by atoms with Gasteiger partial charge in [-0.2, -0.15) is 0 Å². The van der Waals surface area contributed by atoms with E-state index in [2.05, 4.69) is 14.8 Å². The van der Waals surface area contributed by atoms with E-state index in [0.717, 1.165) is 12.8 Å². The largest absolute Gasteiger partial charge is 0.318 e. The molecule has 0 amide bonds. The molecule has 1 fully saturated rings. The van der Waals surface area contributed by atoms with Gasteiger partial charge in [-0.15, -0.1) is 12.4 Å². The van der Waals surface area contributed by atoms with Gasteiger partial charge in [-0.05, 0) is 44.2 Å². The molecule has 1 saturated carbocycles. The molecule has 0 aliphatic heterocycles. The van der Waals surface area contributed by atoms with Crippen LogP contribution in [0.2, 0.25) is 0 Å². The first-order valence-corrected chi connectivity index (χ1v) is 9.58. The van der Waals surface area contributed by atoms with Gasteiger partial charge in [0, 0.05) is 19.1 Å². The van der Waals surface area contributed by atoms with Crippen LogP contribution in [0.1, 0.15) is 12.8 Å². The third-order valence-corrected chi connectivity index (χ3v) is 6.02. The predicted octanol–water partition coefficient (Wildman–Crippen LogP) is 0.0468. The number of likely N-dealkylation sites (N-methyl/N-ethyl adjacent to an activating group) is 1. The molecule has 0 spiro atoms. The van der Waals surface area contributed by atoms with Gasteiger partial charge in [0.15, 0.2) is 0 Å². The molecule has 126 valence electrons. The molecule has 1 aliphatic carbocycles. The second-order valence-electron chi connectivity index (χ2n) is 4.87. The van der Waals surface area contributed by atoms with Crippen LogP contribution in [-0.2, 0) is 20.0 Å². The molecule has 10 heteroatoms. The van der Waals surface area contributed by atoms with Crippen molar-refractivity contribution in [1.82, 2.24) is 14.8 Å². The third kappa shape index (κ3) is 5.18. The summed E-state index contributed by atoms with van der Waals surface area (Å²) in [4.78, 5) is 0.118. The fourth-order valence-electron chi connectivity index (χ4n) is 1.68. The van der Waals surface area contributed by atoms with E-state index in [4.69, 9.17) is 0 Å². The Balaban J connectivity index is 0.00000242. The van der Waals surface area contributed by atoms with E-state index in [0.29, 0.717) is 6.54 Å². The standard InChI is InChI=1S/C12H19N3O4S2.ClH/c1-13-8-9-14-20(16,17)11-4-6-12(7-5-11)21(18,19)15-10-2-3-10;/h4-7,10,13-15H,2-3,8-9H2,1H3;1H. The fraction of sp³-hybridized carbons (Fsp3) is 0.500. The first-order valence-electron chi connectivity index (χ1n) is 6.62. The monoisotopic (exact) mass is 369 g/mol. The van der Waals surface area contributed by atoms with E-state index in [1.54, 1.807) is 7.05 Å². The van der Waals surface area contributed by atoms with Crippen molar-refractivity contribution >= 4 is 32.5 Å². The SMILES string of the molecule is CNCCNS(=O)(=O)c1ccc(S(=O)(=O)NC2CC2)cc1.Cl. The van der Waals surface area contributed by atoms with Gasteiger partial charge in [0.1, 0.15) is 0 Å². The van der Waals surface area contributed by atoms with Gasteiger partial charge < -0.3 is 5.32 Å². The summed E-state index contributed by atoms with van der Waals surface area (Å²) in [6, 6.07) is 5.21. The molecule has 1 aliphatic rings. The molecule has 0 heterocycles. The average molecular weight is 370 g/mol. The molecule has 0 aromatic heterocycles. The Morgan fingerprint density at radius 1 is 0.955 bits per heavy atom. The molecule has 2 rings (SSSR count). The quantitative estimate of drug-likeness (QED) is 0.561. The molecular weight excluding hydrogens is 350 g/mol. The zero-order chi connectivity index (χ0) is 15.5. The van der Waals surface area contributed by atoms with Crippen molar-refractivity contribution in [3.63, 3.8) is 0 Å². The van der Waals surface area contributed by atoms with Crippen LogP contribution in [0, 0.1) is 0 Å². The minimum Gasteiger partial charge on any atom is -0.318 e. The van der Waals surface area contributed by atoms with Gasteiger partial charge in [-0.25, -0.2) is 26.3 Å². The number of nitrogens with one attached hydrogen (secondary N) is 3. The maximum absolute atomic E-state index is 12.0. The molecule has 0 saturated heterocycles. The Labute approximate surface area is 137 Å². The number of hydrogen-bond donors (Lipinski definition) is 3. The predicted molar refractivity (Wildman–Crippen MR) is 86.1 cm³/mol. The van der Waals surface area contributed by atoms with Crippen LogP contribution in [0.3, 0.4) is 0 Å². The van der Waals surface area contributed by atoms with Crippen LogP contribution >= 0.6 is 12.4 Å². The highest BCUT2D eigenvalue weighted by Crippen LogP contribution is 2.22. The van der Waals surface area contributed by atoms with Gasteiger partial charge in [0.2, 0.25) is 20.0 Å². The summed E-state index contributed by atoms with van der Waals surface area (Å²) in [5.41, 5.74) is 0. The van der Waals surface area contributed by atoms with Gasteiger partial charge in [0.05, 0.1) is 9.79 Å². The molecule has 7 nitrogen and oxygen atoms in total. The van der Waals surface area contributed by atoms with Crippen molar-refractivity contribution in [1.29, 1.82) is 0 Å². The molecule has 1 aromatic rings. The number of benzene rings is 1. The van der Waals surface area contributed by atoms with Crippen LogP contribution < -0.4 is 14.8 Å². The zero-order valence-electron chi connectivity index (χ0n) is 12.1. The van der Waals surface area contributed by atoms with Gasteiger partial charge in [0.25, 0.3) is 0 Å². The maximum Gasteiger partial charge on any atom is 0.240 e. The van der Waals surface area contributed by atoms with Crippen molar-refractivity contribution < 1.29 is 16.8 Å². The summed E-state index contributed by atoms with van der Waals surface area (Å²) in [5, 5.41) is 2.83. The van der Waals surface area contributed by atoms with Crippen molar-refractivity contribution in [2.75, 3.05) is 20.1 Å². The second-order valence-corrected chi connectivity index (χ2v) is 8.35. The third-order valence-electron chi connectivity index (χ3n) is 3.01. The first kappa shape index (κ1) is 19.3. The van der Waals surface area contributed by atoms with E-state index in [1.165, 1.54) is 24.3 Å². The lowest BCUT2D eigenvalue weighted by Gasteiger charge is -2.08. The smallest absolute Gasteiger partial charge is 0.240 e. The van der Waals surface area contributed by atoms with Crippen LogP contribution in [0.25, 0.3) is 0 Å². The summed E-state index contributed by atoms with van der Waals surface area (Å²) < 4.78 is 52.8. The normalized spacial score (nSPS) is 15.3. The Morgan fingerprint density at radius 2 is 1.45 bits per heavy atom. The van der Waals surface area contributed by atoms with Crippen LogP contribution in [-0.4, -0.2) is 43.0 Å². The van der Waals surface area contributed by atoms with E-state index >= 15 is 0 Å². The molecule has 0 radical (unpaired) electrons. The Bertz CT molecular complexity index is 686. The van der Waals surface area contributed by atoms with Crippen LogP contribution in [0.4, 0.5) is 0 Å². The van der Waals surface area contributed by atoms with E-state index in [9.17, 15) is 16.8 Å². The van der Waals surface area contributed by atoms with Gasteiger partial charge in [-0.1, -0.05) is 0 Å². The summed E-state index contributed by atoms with van der Waals surface area (Å²) in [6.07, 6.45) is 1.70. The van der Waals surface area contributed by atoms with Crippen molar-refractivity contribution in [2.24, 2.45) is 0 Å². The molecule has 1 aromatic carbocycles. The average Bonchev–Trinajstić information content (AvgIpc) is 3.22. The lowest BCUT2D eigenvalue weighted by molar-refractivity contribution is 0.576. The molecule has 0 bridgehead atoms. The molecule has 0 atom stereocenters. The number of halogens is 1. The van der Waals surface area contributed by atoms with Crippen LogP contribution in [0.5, 0.6) is 0 Å². The Kier molecular flexibility index (Phi) is 6.78. The highest BCUT2D eigenvalue weighted by molar-refractivity contribution is 7.90. The minimum absolute atomic E-state index is 0. The molecule has 3 N–H and O–H groups in total. The Hall–Kier alpha value is -0.710. The van der Waals surface area contributed by atoms with E-state index in [1.807, 2.05) is 0 Å². The number of sulfonamides is 2. The molecular formula is C12H20ClN3O4S2. The topological polar surface area (TPSA) is 104 Å². The Morgan fingerprint density at radius 3 is 1.91 bits per heavy atom. The van der Waals surface area contributed by atoms with Crippen molar-refractivity contribution in [2.45, 2.75) is 28.7 Å². The van der Waals surface area contributed by atoms with Gasteiger partial charge >= 0.3 is 0 Å². The zero-order valence-corrected chi connectivity index (χ0v) is 14.5. The first-order chi connectivity index (χ1) is 9.85. The highest BCUT2D eigenvalue weighted by atomic mass is 35.5. The lowest BCUT2D eigenvalue weighted by atomic mass is 10.4.